The van der Waals surface area contributed by atoms with Crippen LogP contribution in [0.25, 0.3) is 22.6 Å². The molecule has 0 atom stereocenters. The van der Waals surface area contributed by atoms with Gasteiger partial charge in [0.25, 0.3) is 5.89 Å². The lowest BCUT2D eigenvalue weighted by Gasteiger charge is -2.29. The van der Waals surface area contributed by atoms with Gasteiger partial charge < -0.3 is 18.9 Å². The van der Waals surface area contributed by atoms with E-state index in [0.717, 1.165) is 12.8 Å². The van der Waals surface area contributed by atoms with Crippen LogP contribution in [0.4, 0.5) is 4.79 Å². The van der Waals surface area contributed by atoms with Crippen molar-refractivity contribution in [3.05, 3.63) is 29.3 Å². The Morgan fingerprint density at radius 3 is 2.92 bits per heavy atom. The number of amides is 1. The van der Waals surface area contributed by atoms with E-state index in [2.05, 4.69) is 15.1 Å². The summed E-state index contributed by atoms with van der Waals surface area (Å²) in [5, 5.41) is 14.0. The highest BCUT2D eigenvalue weighted by Crippen LogP contribution is 2.30. The summed E-state index contributed by atoms with van der Waals surface area (Å²) in [6.45, 7) is 1.08. The van der Waals surface area contributed by atoms with Crippen LogP contribution < -0.4 is 0 Å². The van der Waals surface area contributed by atoms with E-state index in [4.69, 9.17) is 25.6 Å². The number of halogens is 1. The fourth-order valence-corrected chi connectivity index (χ4v) is 3.26. The summed E-state index contributed by atoms with van der Waals surface area (Å²) in [6.07, 6.45) is 2.95. The average molecular weight is 363 g/mol. The van der Waals surface area contributed by atoms with Crippen molar-refractivity contribution >= 4 is 28.7 Å². The van der Waals surface area contributed by atoms with Crippen molar-refractivity contribution in [2.24, 2.45) is 5.92 Å². The number of nitrogens with zero attached hydrogens (tertiary/aromatic N) is 4. The molecular formula is C16H15ClN4O4. The van der Waals surface area contributed by atoms with Gasteiger partial charge in [0.2, 0.25) is 0 Å². The van der Waals surface area contributed by atoms with Gasteiger partial charge in [0, 0.05) is 31.8 Å². The van der Waals surface area contributed by atoms with Crippen molar-refractivity contribution in [1.82, 2.24) is 20.0 Å². The minimum atomic E-state index is -0.863. The highest BCUT2D eigenvalue weighted by Gasteiger charge is 2.24. The van der Waals surface area contributed by atoms with Crippen LogP contribution in [0.2, 0.25) is 5.15 Å². The molecule has 0 radical (unpaired) electrons. The van der Waals surface area contributed by atoms with Crippen molar-refractivity contribution < 1.29 is 18.8 Å². The van der Waals surface area contributed by atoms with E-state index in [1.54, 1.807) is 18.3 Å². The molecule has 8 nitrogen and oxygen atoms in total. The second-order valence-electron chi connectivity index (χ2n) is 6.06. The number of carbonyl (C=O) groups is 1. The summed E-state index contributed by atoms with van der Waals surface area (Å²) < 4.78 is 11.0. The molecule has 130 valence electrons. The molecule has 0 aliphatic carbocycles. The van der Waals surface area contributed by atoms with Gasteiger partial charge >= 0.3 is 6.09 Å². The van der Waals surface area contributed by atoms with Gasteiger partial charge in [0.1, 0.15) is 10.7 Å². The lowest BCUT2D eigenvalue weighted by atomic mass is 9.93. The Hall–Kier alpha value is -2.61. The minimum Gasteiger partial charge on any atom is -0.465 e. The third kappa shape index (κ3) is 3.17. The van der Waals surface area contributed by atoms with Crippen LogP contribution in [0.15, 0.2) is 27.3 Å². The molecule has 4 rings (SSSR count). The monoisotopic (exact) mass is 362 g/mol. The Bertz CT molecular complexity index is 914. The molecule has 0 unspecified atom stereocenters. The third-order valence-electron chi connectivity index (χ3n) is 4.43. The molecule has 4 heterocycles. The first-order chi connectivity index (χ1) is 12.1. The summed E-state index contributed by atoms with van der Waals surface area (Å²) in [7, 11) is 0. The molecule has 0 bridgehead atoms. The Morgan fingerprint density at radius 1 is 1.40 bits per heavy atom. The maximum Gasteiger partial charge on any atom is 0.407 e. The molecule has 25 heavy (non-hydrogen) atoms. The summed E-state index contributed by atoms with van der Waals surface area (Å²) >= 11 is 6.04. The van der Waals surface area contributed by atoms with Crippen LogP contribution in [0.5, 0.6) is 0 Å². The largest absolute Gasteiger partial charge is 0.465 e. The van der Waals surface area contributed by atoms with Gasteiger partial charge in [-0.05, 0) is 24.8 Å². The Balaban J connectivity index is 1.47. The van der Waals surface area contributed by atoms with E-state index in [9.17, 15) is 4.79 Å². The highest BCUT2D eigenvalue weighted by atomic mass is 35.5. The van der Waals surface area contributed by atoms with Crippen molar-refractivity contribution in [3.63, 3.8) is 0 Å². The Morgan fingerprint density at radius 2 is 2.20 bits per heavy atom. The summed E-state index contributed by atoms with van der Waals surface area (Å²) in [4.78, 5) is 20.8. The molecule has 3 aromatic rings. The van der Waals surface area contributed by atoms with E-state index >= 15 is 0 Å². The molecule has 0 aromatic carbocycles. The van der Waals surface area contributed by atoms with Gasteiger partial charge in [0.15, 0.2) is 11.6 Å². The first-order valence-corrected chi connectivity index (χ1v) is 8.33. The number of carboxylic acid groups (broad SMARTS) is 1. The van der Waals surface area contributed by atoms with Crippen molar-refractivity contribution in [2.75, 3.05) is 13.1 Å². The number of fused-ring (bicyclic) bond motifs is 1. The number of hydrogen-bond donors (Lipinski definition) is 1. The van der Waals surface area contributed by atoms with E-state index in [1.165, 1.54) is 4.90 Å². The standard InChI is InChI=1S/C16H15ClN4O4/c17-14-10-8-12(24-11(10)1-4-18-14)15-19-13(20-25-15)7-9-2-5-21(6-3-9)16(22)23/h1,4,8-9H,2-3,5-7H2,(H,22,23). The molecule has 0 saturated carbocycles. The van der Waals surface area contributed by atoms with Crippen LogP contribution in [0, 0.1) is 5.92 Å². The van der Waals surface area contributed by atoms with E-state index in [0.29, 0.717) is 59.0 Å². The van der Waals surface area contributed by atoms with Crippen molar-refractivity contribution in [1.29, 1.82) is 0 Å². The minimum absolute atomic E-state index is 0.297. The summed E-state index contributed by atoms with van der Waals surface area (Å²) in [5.74, 6) is 1.68. The second-order valence-corrected chi connectivity index (χ2v) is 6.42. The van der Waals surface area contributed by atoms with E-state index in [1.807, 2.05) is 0 Å². The molecular weight excluding hydrogens is 348 g/mol. The maximum atomic E-state index is 10.9. The van der Waals surface area contributed by atoms with Gasteiger partial charge in [-0.15, -0.1) is 0 Å². The van der Waals surface area contributed by atoms with Gasteiger partial charge in [-0.1, -0.05) is 16.8 Å². The molecule has 1 aliphatic heterocycles. The van der Waals surface area contributed by atoms with Crippen LogP contribution in [0.3, 0.4) is 0 Å². The quantitative estimate of drug-likeness (QED) is 0.711. The van der Waals surface area contributed by atoms with Crippen molar-refractivity contribution in [2.45, 2.75) is 19.3 Å². The summed E-state index contributed by atoms with van der Waals surface area (Å²) in [6, 6.07) is 3.45. The number of aromatic nitrogens is 3. The predicted molar refractivity (Wildman–Crippen MR) is 88.3 cm³/mol. The number of pyridine rings is 1. The van der Waals surface area contributed by atoms with E-state index < -0.39 is 6.09 Å². The highest BCUT2D eigenvalue weighted by molar-refractivity contribution is 6.34. The lowest BCUT2D eigenvalue weighted by Crippen LogP contribution is -2.37. The Kier molecular flexibility index (Phi) is 4.04. The maximum absolute atomic E-state index is 10.9. The molecule has 1 amide bonds. The number of furan rings is 1. The number of rotatable bonds is 3. The van der Waals surface area contributed by atoms with Crippen LogP contribution in [-0.4, -0.2) is 44.3 Å². The molecule has 1 fully saturated rings. The van der Waals surface area contributed by atoms with Gasteiger partial charge in [-0.2, -0.15) is 4.98 Å². The topological polar surface area (TPSA) is 105 Å². The lowest BCUT2D eigenvalue weighted by molar-refractivity contribution is 0.124. The van der Waals surface area contributed by atoms with Gasteiger partial charge in [0.05, 0.1) is 5.39 Å². The molecule has 0 spiro atoms. The second kappa shape index (κ2) is 6.36. The first kappa shape index (κ1) is 15.9. The zero-order valence-corrected chi connectivity index (χ0v) is 13.9. The molecule has 9 heteroatoms. The number of likely N-dealkylation sites (tertiary alicyclic amines) is 1. The molecule has 1 N–H and O–H groups in total. The number of piperidine rings is 1. The van der Waals surface area contributed by atoms with Crippen LogP contribution in [-0.2, 0) is 6.42 Å². The van der Waals surface area contributed by atoms with E-state index in [-0.39, 0.29) is 0 Å². The summed E-state index contributed by atoms with van der Waals surface area (Å²) in [5.41, 5.74) is 0.607. The first-order valence-electron chi connectivity index (χ1n) is 7.95. The van der Waals surface area contributed by atoms with Crippen molar-refractivity contribution in [3.8, 4) is 11.7 Å². The zero-order chi connectivity index (χ0) is 17.4. The molecule has 1 saturated heterocycles. The molecule has 3 aromatic heterocycles. The number of hydrogen-bond acceptors (Lipinski definition) is 6. The predicted octanol–water partition coefficient (Wildman–Crippen LogP) is 3.46. The fourth-order valence-electron chi connectivity index (χ4n) is 3.06. The third-order valence-corrected chi connectivity index (χ3v) is 4.73. The van der Waals surface area contributed by atoms with Gasteiger partial charge in [-0.25, -0.2) is 9.78 Å². The normalized spacial score (nSPS) is 15.8. The molecule has 1 aliphatic rings. The Labute approximate surface area is 147 Å². The average Bonchev–Trinajstić information content (AvgIpc) is 3.23. The SMILES string of the molecule is O=C(O)N1CCC(Cc2noc(-c3cc4c(Cl)nccc4o3)n2)CC1. The van der Waals surface area contributed by atoms with Gasteiger partial charge in [-0.3, -0.25) is 0 Å². The zero-order valence-electron chi connectivity index (χ0n) is 13.2. The smallest absolute Gasteiger partial charge is 0.407 e. The van der Waals surface area contributed by atoms with Crippen LogP contribution >= 0.6 is 11.6 Å². The fraction of sp³-hybridized carbons (Fsp3) is 0.375. The van der Waals surface area contributed by atoms with Crippen LogP contribution in [0.1, 0.15) is 18.7 Å².